The Kier molecular flexibility index (Phi) is 7.54. The Labute approximate surface area is 243 Å². The van der Waals surface area contributed by atoms with Crippen LogP contribution in [0.3, 0.4) is 0 Å². The Morgan fingerprint density at radius 3 is 2.80 bits per heavy atom. The van der Waals surface area contributed by atoms with E-state index in [-0.39, 0.29) is 17.4 Å². The van der Waals surface area contributed by atoms with Crippen LogP contribution in [-0.2, 0) is 16.7 Å². The predicted octanol–water partition coefficient (Wildman–Crippen LogP) is 4.53. The molecule has 6 rings (SSSR count). The first kappa shape index (κ1) is 27.4. The van der Waals surface area contributed by atoms with Crippen molar-refractivity contribution in [3.63, 3.8) is 0 Å². The average Bonchev–Trinajstić information content (AvgIpc) is 3.72. The molecule has 0 aliphatic carbocycles. The lowest BCUT2D eigenvalue weighted by Crippen LogP contribution is -2.36. The van der Waals surface area contributed by atoms with Gasteiger partial charge in [0.25, 0.3) is 5.91 Å². The van der Waals surface area contributed by atoms with Crippen molar-refractivity contribution in [2.75, 3.05) is 25.1 Å². The molecule has 1 aromatic carbocycles. The third-order valence-electron chi connectivity index (χ3n) is 7.61. The van der Waals surface area contributed by atoms with Gasteiger partial charge in [-0.2, -0.15) is 5.10 Å². The Bertz CT molecular complexity index is 1540. The lowest BCUT2D eigenvalue weighted by atomic mass is 9.96. The van der Waals surface area contributed by atoms with Crippen LogP contribution in [0.15, 0.2) is 36.7 Å². The number of aryl methyl sites for hydroxylation is 1. The molecule has 1 fully saturated rings. The Morgan fingerprint density at radius 1 is 1.20 bits per heavy atom. The molecule has 12 heteroatoms. The van der Waals surface area contributed by atoms with Crippen molar-refractivity contribution in [2.24, 2.45) is 0 Å². The number of carbonyl (C=O) groups is 1. The topological polar surface area (TPSA) is 134 Å². The summed E-state index contributed by atoms with van der Waals surface area (Å²) in [5.74, 6) is 0.320. The van der Waals surface area contributed by atoms with Gasteiger partial charge in [0.15, 0.2) is 0 Å². The zero-order valence-electron chi connectivity index (χ0n) is 23.8. The lowest BCUT2D eigenvalue weighted by Gasteiger charge is -2.26. The van der Waals surface area contributed by atoms with Crippen molar-refractivity contribution in [1.29, 1.82) is 0 Å². The number of fused-ring (bicyclic) bond motifs is 1. The summed E-state index contributed by atoms with van der Waals surface area (Å²) in [5, 5.41) is 23.2. The summed E-state index contributed by atoms with van der Waals surface area (Å²) in [5.41, 5.74) is 5.62. The Hall–Kier alpha value is -3.74. The average molecular weight is 574 g/mol. The van der Waals surface area contributed by atoms with Gasteiger partial charge in [-0.25, -0.2) is 9.97 Å². The number of nitrogens with one attached hydrogen (secondary N) is 3. The quantitative estimate of drug-likeness (QED) is 0.304. The lowest BCUT2D eigenvalue weighted by molar-refractivity contribution is 0.0928. The van der Waals surface area contributed by atoms with Crippen LogP contribution in [-0.4, -0.2) is 67.0 Å². The SMILES string of the molecule is Cc1n[nH]cc1Nc1nccc(-c2ccc3c(c2)CN([C@H]2CCOC2)CC[C@H]3NC(=O)c2nnc(C(C)(C)C)s2)n1. The van der Waals surface area contributed by atoms with Crippen LogP contribution < -0.4 is 10.6 Å². The van der Waals surface area contributed by atoms with Gasteiger partial charge in [-0.3, -0.25) is 14.8 Å². The van der Waals surface area contributed by atoms with Crippen LogP contribution in [0.25, 0.3) is 11.3 Å². The van der Waals surface area contributed by atoms with Crippen molar-refractivity contribution < 1.29 is 9.53 Å². The second-order valence-corrected chi connectivity index (χ2v) is 12.6. The molecule has 2 aliphatic heterocycles. The highest BCUT2D eigenvalue weighted by molar-refractivity contribution is 7.13. The standard InChI is InChI=1S/C29H35N9O2S/c1-17-24(14-31-35-17)34-28-30-10-7-22(33-28)18-5-6-21-19(13-18)15-38(20-9-12-40-16-20)11-8-23(21)32-25(39)26-36-37-27(41-26)29(2,3)4/h5-7,10,13-14,20,23H,8-9,11-12,15-16H2,1-4H3,(H,31,35)(H,32,39)(H,30,33,34)/t20-,23+/m0/s1. The molecular formula is C29H35N9O2S. The van der Waals surface area contributed by atoms with E-state index in [4.69, 9.17) is 9.72 Å². The molecule has 41 heavy (non-hydrogen) atoms. The number of amides is 1. The Balaban J connectivity index is 1.29. The van der Waals surface area contributed by atoms with Crippen LogP contribution in [0, 0.1) is 6.92 Å². The van der Waals surface area contributed by atoms with Gasteiger partial charge in [-0.15, -0.1) is 10.2 Å². The van der Waals surface area contributed by atoms with E-state index in [9.17, 15) is 4.79 Å². The molecule has 2 aliphatic rings. The van der Waals surface area contributed by atoms with E-state index in [0.717, 1.165) is 72.4 Å². The van der Waals surface area contributed by atoms with E-state index in [1.165, 1.54) is 16.9 Å². The summed E-state index contributed by atoms with van der Waals surface area (Å²) in [7, 11) is 0. The van der Waals surface area contributed by atoms with E-state index in [2.05, 4.69) is 79.9 Å². The van der Waals surface area contributed by atoms with Gasteiger partial charge in [-0.1, -0.05) is 44.2 Å². The van der Waals surface area contributed by atoms with E-state index in [1.54, 1.807) is 12.4 Å². The van der Waals surface area contributed by atoms with E-state index < -0.39 is 0 Å². The number of hydrogen-bond acceptors (Lipinski definition) is 10. The van der Waals surface area contributed by atoms with Gasteiger partial charge in [-0.05, 0) is 43.0 Å². The molecule has 3 N–H and O–H groups in total. The monoisotopic (exact) mass is 573 g/mol. The number of H-pyrrole nitrogens is 1. The molecule has 0 spiro atoms. The van der Waals surface area contributed by atoms with Crippen LogP contribution in [0.1, 0.15) is 71.3 Å². The van der Waals surface area contributed by atoms with Crippen LogP contribution in [0.4, 0.5) is 11.6 Å². The fraction of sp³-hybridized carbons (Fsp3) is 0.448. The van der Waals surface area contributed by atoms with Gasteiger partial charge in [0.05, 0.1) is 29.7 Å². The number of carbonyl (C=O) groups excluding carboxylic acids is 1. The number of nitrogens with zero attached hydrogens (tertiary/aromatic N) is 6. The first-order valence-electron chi connectivity index (χ1n) is 13.9. The minimum Gasteiger partial charge on any atom is -0.380 e. The fourth-order valence-corrected chi connectivity index (χ4v) is 6.09. The maximum Gasteiger partial charge on any atom is 0.282 e. The Morgan fingerprint density at radius 2 is 2.07 bits per heavy atom. The van der Waals surface area contributed by atoms with Crippen molar-refractivity contribution in [1.82, 2.24) is 40.6 Å². The second-order valence-electron chi connectivity index (χ2n) is 11.7. The fourth-order valence-electron chi connectivity index (χ4n) is 5.28. The molecular weight excluding hydrogens is 538 g/mol. The molecule has 0 saturated carbocycles. The van der Waals surface area contributed by atoms with Gasteiger partial charge >= 0.3 is 0 Å². The summed E-state index contributed by atoms with van der Waals surface area (Å²) in [6, 6.07) is 8.53. The van der Waals surface area contributed by atoms with Gasteiger partial charge in [0, 0.05) is 49.1 Å². The molecule has 2 atom stereocenters. The first-order valence-corrected chi connectivity index (χ1v) is 14.8. The molecule has 0 unspecified atom stereocenters. The van der Waals surface area contributed by atoms with Crippen molar-refractivity contribution >= 4 is 28.9 Å². The summed E-state index contributed by atoms with van der Waals surface area (Å²) in [6.07, 6.45) is 5.35. The maximum atomic E-state index is 13.3. The van der Waals surface area contributed by atoms with Crippen molar-refractivity contribution in [3.05, 3.63) is 63.5 Å². The number of aromatic nitrogens is 6. The maximum absolute atomic E-state index is 13.3. The van der Waals surface area contributed by atoms with E-state index >= 15 is 0 Å². The molecule has 1 amide bonds. The number of benzene rings is 1. The number of hydrogen-bond donors (Lipinski definition) is 3. The molecule has 4 aromatic rings. The van der Waals surface area contributed by atoms with Crippen LogP contribution in [0.2, 0.25) is 0 Å². The summed E-state index contributed by atoms with van der Waals surface area (Å²) >= 11 is 1.36. The van der Waals surface area contributed by atoms with Crippen LogP contribution >= 0.6 is 11.3 Å². The molecule has 3 aromatic heterocycles. The molecule has 214 valence electrons. The normalized spacial score (nSPS) is 19.5. The summed E-state index contributed by atoms with van der Waals surface area (Å²) < 4.78 is 5.72. The molecule has 11 nitrogen and oxygen atoms in total. The highest BCUT2D eigenvalue weighted by atomic mass is 32.1. The molecule has 5 heterocycles. The second kappa shape index (κ2) is 11.3. The van der Waals surface area contributed by atoms with E-state index in [1.807, 2.05) is 13.0 Å². The third kappa shape index (κ3) is 5.99. The third-order valence-corrected chi connectivity index (χ3v) is 8.96. The predicted molar refractivity (Wildman–Crippen MR) is 157 cm³/mol. The highest BCUT2D eigenvalue weighted by Crippen LogP contribution is 2.33. The summed E-state index contributed by atoms with van der Waals surface area (Å²) in [6.45, 7) is 11.3. The first-order chi connectivity index (χ1) is 19.7. The largest absolute Gasteiger partial charge is 0.380 e. The van der Waals surface area contributed by atoms with E-state index in [0.29, 0.717) is 17.0 Å². The van der Waals surface area contributed by atoms with Gasteiger partial charge in [0.1, 0.15) is 5.01 Å². The zero-order valence-corrected chi connectivity index (χ0v) is 24.6. The summed E-state index contributed by atoms with van der Waals surface area (Å²) in [4.78, 5) is 25.0. The van der Waals surface area contributed by atoms with Gasteiger partial charge in [0.2, 0.25) is 11.0 Å². The minimum atomic E-state index is -0.184. The highest BCUT2D eigenvalue weighted by Gasteiger charge is 2.31. The number of anilines is 2. The van der Waals surface area contributed by atoms with Crippen molar-refractivity contribution in [3.8, 4) is 11.3 Å². The number of rotatable bonds is 6. The number of ether oxygens (including phenoxy) is 1. The van der Waals surface area contributed by atoms with Crippen molar-refractivity contribution in [2.45, 2.75) is 64.6 Å². The van der Waals surface area contributed by atoms with Gasteiger partial charge < -0.3 is 15.4 Å². The minimum absolute atomic E-state index is 0.146. The molecule has 0 bridgehead atoms. The zero-order chi connectivity index (χ0) is 28.6. The number of aromatic amines is 1. The smallest absolute Gasteiger partial charge is 0.282 e. The van der Waals surface area contributed by atoms with Crippen LogP contribution in [0.5, 0.6) is 0 Å². The molecule has 0 radical (unpaired) electrons. The molecule has 1 saturated heterocycles.